The summed E-state index contributed by atoms with van der Waals surface area (Å²) in [5, 5.41) is 3.96. The van der Waals surface area contributed by atoms with Crippen molar-refractivity contribution in [3.05, 3.63) is 41.7 Å². The van der Waals surface area contributed by atoms with Gasteiger partial charge in [-0.15, -0.1) is 0 Å². The van der Waals surface area contributed by atoms with E-state index in [0.717, 1.165) is 0 Å². The Morgan fingerprint density at radius 2 is 2.09 bits per heavy atom. The fourth-order valence-corrected chi connectivity index (χ4v) is 3.36. The Kier molecular flexibility index (Phi) is 5.02. The van der Waals surface area contributed by atoms with E-state index in [-0.39, 0.29) is 22.9 Å². The van der Waals surface area contributed by atoms with Crippen LogP contribution in [-0.2, 0) is 27.9 Å². The van der Waals surface area contributed by atoms with Crippen molar-refractivity contribution in [3.63, 3.8) is 0 Å². The van der Waals surface area contributed by atoms with E-state index in [2.05, 4.69) is 9.82 Å². The van der Waals surface area contributed by atoms with Gasteiger partial charge < -0.3 is 10.5 Å². The van der Waals surface area contributed by atoms with E-state index in [1.165, 1.54) is 24.1 Å². The van der Waals surface area contributed by atoms with Gasteiger partial charge in [0.25, 0.3) is 15.9 Å². The smallest absolute Gasteiger partial charge is 0.271 e. The van der Waals surface area contributed by atoms with Crippen LogP contribution < -0.4 is 10.5 Å². The molecule has 0 saturated carbocycles. The van der Waals surface area contributed by atoms with Crippen molar-refractivity contribution in [2.24, 2.45) is 5.73 Å². The predicted molar refractivity (Wildman–Crippen MR) is 84.4 cm³/mol. The van der Waals surface area contributed by atoms with Gasteiger partial charge in [-0.1, -0.05) is 18.2 Å². The van der Waals surface area contributed by atoms with Crippen LogP contribution in [-0.4, -0.2) is 31.2 Å². The van der Waals surface area contributed by atoms with Crippen molar-refractivity contribution in [2.75, 3.05) is 11.8 Å². The molecule has 0 atom stereocenters. The lowest BCUT2D eigenvalue weighted by molar-refractivity contribution is 0.0995. The normalized spacial score (nSPS) is 11.4. The monoisotopic (exact) mass is 338 g/mol. The van der Waals surface area contributed by atoms with Crippen LogP contribution >= 0.6 is 0 Å². The topological polar surface area (TPSA) is 116 Å². The summed E-state index contributed by atoms with van der Waals surface area (Å²) in [5.41, 5.74) is 5.68. The number of primary amides is 1. The standard InChI is InChI=1S/C14H18N4O4S/c1-3-18-8-11(13(16-18)14(15)19)17-23(20,21)12-7-5-4-6-10(12)9-22-2/h4-8,17H,3,9H2,1-2H3,(H2,15,19). The van der Waals surface area contributed by atoms with Crippen molar-refractivity contribution in [2.45, 2.75) is 25.0 Å². The summed E-state index contributed by atoms with van der Waals surface area (Å²) in [6.45, 7) is 2.43. The number of aromatic nitrogens is 2. The minimum absolute atomic E-state index is 0.0477. The van der Waals surface area contributed by atoms with Gasteiger partial charge in [-0.05, 0) is 18.6 Å². The molecule has 1 amide bonds. The molecule has 8 nitrogen and oxygen atoms in total. The van der Waals surface area contributed by atoms with Crippen LogP contribution in [0.1, 0.15) is 23.0 Å². The number of methoxy groups -OCH3 is 1. The number of carbonyl (C=O) groups excluding carboxylic acids is 1. The summed E-state index contributed by atoms with van der Waals surface area (Å²) in [4.78, 5) is 11.5. The maximum atomic E-state index is 12.6. The second-order valence-corrected chi connectivity index (χ2v) is 6.41. The summed E-state index contributed by atoms with van der Waals surface area (Å²) in [5.74, 6) is -0.805. The third kappa shape index (κ3) is 3.69. The summed E-state index contributed by atoms with van der Waals surface area (Å²) >= 11 is 0. The molecule has 3 N–H and O–H groups in total. The summed E-state index contributed by atoms with van der Waals surface area (Å²) in [7, 11) is -2.43. The van der Waals surface area contributed by atoms with Crippen molar-refractivity contribution < 1.29 is 17.9 Å². The number of rotatable bonds is 7. The molecule has 124 valence electrons. The van der Waals surface area contributed by atoms with Gasteiger partial charge >= 0.3 is 0 Å². The van der Waals surface area contributed by atoms with Gasteiger partial charge in [0.15, 0.2) is 5.69 Å². The maximum absolute atomic E-state index is 12.6. The van der Waals surface area contributed by atoms with Gasteiger partial charge in [0, 0.05) is 19.9 Å². The Morgan fingerprint density at radius 1 is 1.39 bits per heavy atom. The van der Waals surface area contributed by atoms with Crippen LogP contribution in [0.25, 0.3) is 0 Å². The van der Waals surface area contributed by atoms with E-state index in [4.69, 9.17) is 10.5 Å². The number of amides is 1. The number of carbonyl (C=O) groups is 1. The van der Waals surface area contributed by atoms with Crippen LogP contribution in [0.2, 0.25) is 0 Å². The van der Waals surface area contributed by atoms with Crippen LogP contribution in [0.3, 0.4) is 0 Å². The number of anilines is 1. The van der Waals surface area contributed by atoms with Gasteiger partial charge in [0.2, 0.25) is 0 Å². The lowest BCUT2D eigenvalue weighted by Crippen LogP contribution is -2.19. The van der Waals surface area contributed by atoms with Gasteiger partial charge in [0.05, 0.1) is 17.2 Å². The summed E-state index contributed by atoms with van der Waals surface area (Å²) < 4.78 is 34.0. The summed E-state index contributed by atoms with van der Waals surface area (Å²) in [6.07, 6.45) is 1.43. The van der Waals surface area contributed by atoms with Crippen LogP contribution in [0.4, 0.5) is 5.69 Å². The molecule has 0 aliphatic heterocycles. The third-order valence-corrected chi connectivity index (χ3v) is 4.59. The molecule has 0 bridgehead atoms. The molecule has 0 aliphatic carbocycles. The first kappa shape index (κ1) is 17.0. The molecule has 1 heterocycles. The number of nitrogens with zero attached hydrogens (tertiary/aromatic N) is 2. The van der Waals surface area contributed by atoms with E-state index < -0.39 is 15.9 Å². The van der Waals surface area contributed by atoms with Gasteiger partial charge in [-0.3, -0.25) is 14.2 Å². The van der Waals surface area contributed by atoms with E-state index >= 15 is 0 Å². The second-order valence-electron chi connectivity index (χ2n) is 4.76. The first-order chi connectivity index (χ1) is 10.9. The number of benzene rings is 1. The zero-order valence-electron chi connectivity index (χ0n) is 12.8. The quantitative estimate of drug-likeness (QED) is 0.779. The van der Waals surface area contributed by atoms with Crippen molar-refractivity contribution in [1.82, 2.24) is 9.78 Å². The number of hydrogen-bond acceptors (Lipinski definition) is 5. The fourth-order valence-electron chi connectivity index (χ4n) is 2.08. The van der Waals surface area contributed by atoms with Gasteiger partial charge in [-0.25, -0.2) is 8.42 Å². The molecule has 2 rings (SSSR count). The summed E-state index contributed by atoms with van der Waals surface area (Å²) in [6, 6.07) is 6.45. The van der Waals surface area contributed by atoms with E-state index in [0.29, 0.717) is 12.1 Å². The molecule has 0 saturated heterocycles. The highest BCUT2D eigenvalue weighted by Crippen LogP contribution is 2.22. The first-order valence-electron chi connectivity index (χ1n) is 6.86. The molecular formula is C14H18N4O4S. The Labute approximate surface area is 134 Å². The second kappa shape index (κ2) is 6.80. The van der Waals surface area contributed by atoms with Crippen LogP contribution in [0.5, 0.6) is 0 Å². The highest BCUT2D eigenvalue weighted by Gasteiger charge is 2.23. The maximum Gasteiger partial charge on any atom is 0.271 e. The van der Waals surface area contributed by atoms with E-state index in [9.17, 15) is 13.2 Å². The number of nitrogens with two attached hydrogens (primary N) is 1. The molecule has 0 spiro atoms. The molecule has 1 aromatic carbocycles. The molecule has 0 aliphatic rings. The largest absolute Gasteiger partial charge is 0.380 e. The molecular weight excluding hydrogens is 320 g/mol. The number of ether oxygens (including phenoxy) is 1. The first-order valence-corrected chi connectivity index (χ1v) is 8.34. The molecule has 2 aromatic rings. The Morgan fingerprint density at radius 3 is 2.70 bits per heavy atom. The number of nitrogens with one attached hydrogen (secondary N) is 1. The molecule has 23 heavy (non-hydrogen) atoms. The van der Waals surface area contributed by atoms with Crippen LogP contribution in [0, 0.1) is 0 Å². The fraction of sp³-hybridized carbons (Fsp3) is 0.286. The lowest BCUT2D eigenvalue weighted by atomic mass is 10.2. The molecule has 0 radical (unpaired) electrons. The number of sulfonamides is 1. The van der Waals surface area contributed by atoms with Crippen molar-refractivity contribution in [1.29, 1.82) is 0 Å². The number of aryl methyl sites for hydroxylation is 1. The zero-order valence-corrected chi connectivity index (χ0v) is 13.6. The Hall–Kier alpha value is -2.39. The van der Waals surface area contributed by atoms with Crippen LogP contribution in [0.15, 0.2) is 35.4 Å². The number of hydrogen-bond donors (Lipinski definition) is 2. The third-order valence-electron chi connectivity index (χ3n) is 3.13. The highest BCUT2D eigenvalue weighted by atomic mass is 32.2. The van der Waals surface area contributed by atoms with Gasteiger partial charge in [0.1, 0.15) is 0 Å². The minimum atomic E-state index is -3.91. The molecule has 1 aromatic heterocycles. The average Bonchev–Trinajstić information content (AvgIpc) is 2.90. The SMILES string of the molecule is CCn1cc(NS(=O)(=O)c2ccccc2COC)c(C(N)=O)n1. The van der Waals surface area contributed by atoms with E-state index in [1.54, 1.807) is 18.2 Å². The van der Waals surface area contributed by atoms with E-state index in [1.807, 2.05) is 6.92 Å². The van der Waals surface area contributed by atoms with Crippen molar-refractivity contribution >= 4 is 21.6 Å². The highest BCUT2D eigenvalue weighted by molar-refractivity contribution is 7.92. The molecule has 0 fully saturated rings. The average molecular weight is 338 g/mol. The minimum Gasteiger partial charge on any atom is -0.380 e. The zero-order chi connectivity index (χ0) is 17.0. The van der Waals surface area contributed by atoms with Gasteiger partial charge in [-0.2, -0.15) is 5.10 Å². The lowest BCUT2D eigenvalue weighted by Gasteiger charge is -2.11. The Balaban J connectivity index is 2.43. The molecule has 0 unspecified atom stereocenters. The van der Waals surface area contributed by atoms with Crippen molar-refractivity contribution in [3.8, 4) is 0 Å². The Bertz CT molecular complexity index is 814. The molecule has 9 heteroatoms. The predicted octanol–water partition coefficient (Wildman–Crippen LogP) is 0.949.